The van der Waals surface area contributed by atoms with Crippen LogP contribution in [0, 0.1) is 11.8 Å². The molecule has 1 fully saturated rings. The van der Waals surface area contributed by atoms with Crippen molar-refractivity contribution in [1.29, 1.82) is 0 Å². The lowest BCUT2D eigenvalue weighted by Gasteiger charge is -2.21. The monoisotopic (exact) mass is 526 g/mol. The molecule has 0 aromatic heterocycles. The maximum atomic E-state index is 13.1. The summed E-state index contributed by atoms with van der Waals surface area (Å²) in [4.78, 5) is 26.2. The molecule has 0 amide bonds. The highest BCUT2D eigenvalue weighted by molar-refractivity contribution is 5.98. The van der Waals surface area contributed by atoms with Gasteiger partial charge in [0, 0.05) is 23.8 Å². The van der Waals surface area contributed by atoms with Crippen molar-refractivity contribution in [3.05, 3.63) is 77.4 Å². The minimum atomic E-state index is -0.0398. The van der Waals surface area contributed by atoms with Gasteiger partial charge in [-0.15, -0.1) is 0 Å². The normalized spacial score (nSPS) is 19.8. The number of hydrogen-bond donors (Lipinski definition) is 0. The largest absolute Gasteiger partial charge is 0.496 e. The van der Waals surface area contributed by atoms with E-state index in [-0.39, 0.29) is 17.3 Å². The molecule has 4 rings (SSSR count). The highest BCUT2D eigenvalue weighted by atomic mass is 16.5. The SMILES string of the molecule is CCCCC(CCCC1CC(=O)C(c2cccc(-c3ccc(C(C)(C)C)cc3OC)c2)C1)C(=O)C1=CC=CC1. The Bertz CT molecular complexity index is 1230. The molecule has 2 aromatic rings. The van der Waals surface area contributed by atoms with E-state index in [9.17, 15) is 9.59 Å². The van der Waals surface area contributed by atoms with Crippen molar-refractivity contribution in [2.75, 3.05) is 7.11 Å². The number of benzene rings is 2. The van der Waals surface area contributed by atoms with Crippen molar-refractivity contribution in [2.45, 2.75) is 96.8 Å². The fraction of sp³-hybridized carbons (Fsp3) is 0.500. The van der Waals surface area contributed by atoms with E-state index in [4.69, 9.17) is 4.74 Å². The van der Waals surface area contributed by atoms with Gasteiger partial charge in [-0.3, -0.25) is 9.59 Å². The van der Waals surface area contributed by atoms with Crippen LogP contribution in [0.25, 0.3) is 11.1 Å². The van der Waals surface area contributed by atoms with Crippen molar-refractivity contribution in [2.24, 2.45) is 11.8 Å². The summed E-state index contributed by atoms with van der Waals surface area (Å²) in [5.41, 5.74) is 5.52. The van der Waals surface area contributed by atoms with E-state index in [1.807, 2.05) is 12.2 Å². The van der Waals surface area contributed by atoms with Crippen molar-refractivity contribution in [3.8, 4) is 16.9 Å². The van der Waals surface area contributed by atoms with Crippen molar-refractivity contribution in [3.63, 3.8) is 0 Å². The van der Waals surface area contributed by atoms with Gasteiger partial charge in [-0.05, 0) is 71.8 Å². The molecular weight excluding hydrogens is 480 g/mol. The van der Waals surface area contributed by atoms with E-state index in [1.165, 1.54) is 5.56 Å². The summed E-state index contributed by atoms with van der Waals surface area (Å²) < 4.78 is 5.78. The molecular formula is C36H46O3. The summed E-state index contributed by atoms with van der Waals surface area (Å²) >= 11 is 0. The molecule has 3 nitrogen and oxygen atoms in total. The number of ketones is 2. The van der Waals surface area contributed by atoms with Crippen molar-refractivity contribution < 1.29 is 14.3 Å². The topological polar surface area (TPSA) is 43.4 Å². The molecule has 3 heteroatoms. The lowest BCUT2D eigenvalue weighted by molar-refractivity contribution is -0.120. The molecule has 0 heterocycles. The lowest BCUT2D eigenvalue weighted by Crippen LogP contribution is -2.16. The second-order valence-corrected chi connectivity index (χ2v) is 12.6. The van der Waals surface area contributed by atoms with Crippen LogP contribution in [0.5, 0.6) is 5.75 Å². The molecule has 39 heavy (non-hydrogen) atoms. The number of ether oxygens (including phenoxy) is 1. The minimum absolute atomic E-state index is 0.0398. The Morgan fingerprint density at radius 2 is 1.87 bits per heavy atom. The molecule has 0 bridgehead atoms. The second kappa shape index (κ2) is 12.9. The van der Waals surface area contributed by atoms with Crippen molar-refractivity contribution in [1.82, 2.24) is 0 Å². The Labute approximate surface area is 235 Å². The van der Waals surface area contributed by atoms with E-state index in [0.29, 0.717) is 23.9 Å². The summed E-state index contributed by atoms with van der Waals surface area (Å²) in [5.74, 6) is 2.06. The zero-order valence-corrected chi connectivity index (χ0v) is 24.6. The lowest BCUT2D eigenvalue weighted by atomic mass is 9.85. The minimum Gasteiger partial charge on any atom is -0.496 e. The Hall–Kier alpha value is -2.94. The molecule has 208 valence electrons. The molecule has 0 spiro atoms. The fourth-order valence-corrected chi connectivity index (χ4v) is 6.24. The zero-order valence-electron chi connectivity index (χ0n) is 24.6. The molecule has 0 aliphatic heterocycles. The summed E-state index contributed by atoms with van der Waals surface area (Å²) in [7, 11) is 1.72. The average Bonchev–Trinajstić information content (AvgIpc) is 3.59. The van der Waals surface area contributed by atoms with E-state index >= 15 is 0 Å². The highest BCUT2D eigenvalue weighted by Gasteiger charge is 2.34. The first-order valence-electron chi connectivity index (χ1n) is 14.9. The quantitative estimate of drug-likeness (QED) is 0.277. The van der Waals surface area contributed by atoms with E-state index < -0.39 is 0 Å². The van der Waals surface area contributed by atoms with Crippen LogP contribution in [0.15, 0.2) is 66.3 Å². The van der Waals surface area contributed by atoms with Crippen LogP contribution in [0.1, 0.15) is 103 Å². The van der Waals surface area contributed by atoms with Crippen LogP contribution in [-0.4, -0.2) is 18.7 Å². The number of unbranched alkanes of at least 4 members (excludes halogenated alkanes) is 1. The first-order chi connectivity index (χ1) is 18.7. The number of rotatable bonds is 12. The van der Waals surface area contributed by atoms with E-state index in [0.717, 1.165) is 79.4 Å². The Kier molecular flexibility index (Phi) is 9.64. The molecule has 0 saturated heterocycles. The number of carbonyl (C=O) groups excluding carboxylic acids is 2. The van der Waals surface area contributed by atoms with Crippen LogP contribution in [0.2, 0.25) is 0 Å². The van der Waals surface area contributed by atoms with Crippen LogP contribution >= 0.6 is 0 Å². The smallest absolute Gasteiger partial charge is 0.162 e. The van der Waals surface area contributed by atoms with Gasteiger partial charge < -0.3 is 4.74 Å². The van der Waals surface area contributed by atoms with Gasteiger partial charge in [0.1, 0.15) is 11.5 Å². The van der Waals surface area contributed by atoms with Crippen LogP contribution in [-0.2, 0) is 15.0 Å². The molecule has 1 saturated carbocycles. The number of hydrogen-bond acceptors (Lipinski definition) is 3. The van der Waals surface area contributed by atoms with Gasteiger partial charge in [-0.2, -0.15) is 0 Å². The van der Waals surface area contributed by atoms with Crippen LogP contribution in [0.4, 0.5) is 0 Å². The fourth-order valence-electron chi connectivity index (χ4n) is 6.24. The van der Waals surface area contributed by atoms with Gasteiger partial charge in [-0.1, -0.05) is 102 Å². The molecule has 0 radical (unpaired) electrons. The highest BCUT2D eigenvalue weighted by Crippen LogP contribution is 2.41. The third kappa shape index (κ3) is 7.18. The first kappa shape index (κ1) is 29.1. The molecule has 3 unspecified atom stereocenters. The summed E-state index contributed by atoms with van der Waals surface area (Å²) in [6.45, 7) is 8.81. The molecule has 0 N–H and O–H groups in total. The van der Waals surface area contributed by atoms with Gasteiger partial charge in [0.15, 0.2) is 5.78 Å². The first-order valence-corrected chi connectivity index (χ1v) is 14.9. The third-order valence-corrected chi connectivity index (χ3v) is 8.64. The molecule has 2 aromatic carbocycles. The molecule has 3 atom stereocenters. The second-order valence-electron chi connectivity index (χ2n) is 12.6. The van der Waals surface area contributed by atoms with Gasteiger partial charge in [-0.25, -0.2) is 0 Å². The summed E-state index contributed by atoms with van der Waals surface area (Å²) in [5, 5.41) is 0. The van der Waals surface area contributed by atoms with Gasteiger partial charge in [0.2, 0.25) is 0 Å². The van der Waals surface area contributed by atoms with Crippen LogP contribution < -0.4 is 4.74 Å². The predicted octanol–water partition coefficient (Wildman–Crippen LogP) is 9.15. The van der Waals surface area contributed by atoms with Crippen LogP contribution in [0.3, 0.4) is 0 Å². The Balaban J connectivity index is 1.40. The average molecular weight is 527 g/mol. The van der Waals surface area contributed by atoms with Gasteiger partial charge >= 0.3 is 0 Å². The number of Topliss-reactive ketones (excluding diaryl/α,β-unsaturated/α-hetero) is 2. The van der Waals surface area contributed by atoms with E-state index in [2.05, 4.69) is 76.2 Å². The van der Waals surface area contributed by atoms with Gasteiger partial charge in [0.25, 0.3) is 0 Å². The standard InChI is InChI=1S/C36H46O3/c1-6-7-13-26(35(38)27-14-8-9-15-27)16-10-12-25-21-32(33(37)22-25)29-18-11-17-28(23-29)31-20-19-30(36(2,3)4)24-34(31)39-5/h8-9,11,14,17-20,23-26,32H,6-7,10,12-13,15-16,21-22H2,1-5H3. The molecule has 2 aliphatic rings. The van der Waals surface area contributed by atoms with Gasteiger partial charge in [0.05, 0.1) is 7.11 Å². The summed E-state index contributed by atoms with van der Waals surface area (Å²) in [6.07, 6.45) is 14.6. The zero-order chi connectivity index (χ0) is 28.0. The number of methoxy groups -OCH3 is 1. The Morgan fingerprint density at radius 3 is 2.56 bits per heavy atom. The maximum absolute atomic E-state index is 13.1. The predicted molar refractivity (Wildman–Crippen MR) is 161 cm³/mol. The van der Waals surface area contributed by atoms with Crippen molar-refractivity contribution >= 4 is 11.6 Å². The Morgan fingerprint density at radius 1 is 1.08 bits per heavy atom. The molecule has 2 aliphatic carbocycles. The third-order valence-electron chi connectivity index (χ3n) is 8.64. The van der Waals surface area contributed by atoms with E-state index in [1.54, 1.807) is 7.11 Å². The number of allylic oxidation sites excluding steroid dienone is 4. The number of carbonyl (C=O) groups is 2. The summed E-state index contributed by atoms with van der Waals surface area (Å²) in [6, 6.07) is 14.9. The maximum Gasteiger partial charge on any atom is 0.162 e.